The molecular weight excluding hydrogens is 332 g/mol. The lowest BCUT2D eigenvalue weighted by Crippen LogP contribution is -2.46. The lowest BCUT2D eigenvalue weighted by Gasteiger charge is -2.40. The number of nitrogens with one attached hydrogen (secondary N) is 2. The Morgan fingerprint density at radius 3 is 2.73 bits per heavy atom. The Labute approximate surface area is 154 Å². The molecule has 0 aliphatic heterocycles. The molecule has 0 aromatic carbocycles. The zero-order valence-corrected chi connectivity index (χ0v) is 15.8. The van der Waals surface area contributed by atoms with Crippen molar-refractivity contribution < 1.29 is 14.3 Å². The minimum absolute atomic E-state index is 0.0281. The molecule has 1 aromatic heterocycles. The standard InChI is InChI=1S/C19H30N4O3/c1-3-26-12-18(24)23(2)15-9-14(10-15)16-11-17(22-21-16)20-19(25)13-7-5-4-6-8-13/h11,13-15H,3-10,12H2,1-2H3,(H2,20,21,22,25). The third-order valence-corrected chi connectivity index (χ3v) is 5.75. The Hall–Kier alpha value is -1.89. The second-order valence-electron chi connectivity index (χ2n) is 7.50. The molecule has 0 radical (unpaired) electrons. The zero-order valence-electron chi connectivity index (χ0n) is 15.8. The first-order chi connectivity index (χ1) is 12.6. The maximum Gasteiger partial charge on any atom is 0.248 e. The summed E-state index contributed by atoms with van der Waals surface area (Å²) in [6.45, 7) is 2.58. The number of anilines is 1. The molecule has 7 nitrogen and oxygen atoms in total. The Kier molecular flexibility index (Phi) is 6.29. The van der Waals surface area contributed by atoms with Crippen molar-refractivity contribution in [2.75, 3.05) is 25.6 Å². The summed E-state index contributed by atoms with van der Waals surface area (Å²) in [5.41, 5.74) is 1.03. The molecule has 1 heterocycles. The van der Waals surface area contributed by atoms with Gasteiger partial charge in [-0.3, -0.25) is 14.7 Å². The smallest absolute Gasteiger partial charge is 0.248 e. The quantitative estimate of drug-likeness (QED) is 0.781. The summed E-state index contributed by atoms with van der Waals surface area (Å²) in [4.78, 5) is 26.1. The van der Waals surface area contributed by atoms with Gasteiger partial charge in [0, 0.05) is 43.3 Å². The number of nitrogens with zero attached hydrogens (tertiary/aromatic N) is 2. The van der Waals surface area contributed by atoms with E-state index < -0.39 is 0 Å². The van der Waals surface area contributed by atoms with Crippen molar-refractivity contribution in [3.63, 3.8) is 0 Å². The lowest BCUT2D eigenvalue weighted by molar-refractivity contribution is -0.138. The van der Waals surface area contributed by atoms with Crippen LogP contribution in [0.25, 0.3) is 0 Å². The van der Waals surface area contributed by atoms with Crippen LogP contribution >= 0.6 is 0 Å². The van der Waals surface area contributed by atoms with Gasteiger partial charge in [-0.25, -0.2) is 0 Å². The van der Waals surface area contributed by atoms with E-state index in [1.807, 2.05) is 20.0 Å². The topological polar surface area (TPSA) is 87.3 Å². The fraction of sp³-hybridized carbons (Fsp3) is 0.737. The molecule has 0 unspecified atom stereocenters. The molecule has 0 spiro atoms. The SMILES string of the molecule is CCOCC(=O)N(C)C1CC(c2cc(NC(=O)C3CCCCC3)n[nH]2)C1. The highest BCUT2D eigenvalue weighted by Crippen LogP contribution is 2.39. The third kappa shape index (κ3) is 4.44. The third-order valence-electron chi connectivity index (χ3n) is 5.75. The van der Waals surface area contributed by atoms with Crippen molar-refractivity contribution in [2.45, 2.75) is 63.8 Å². The molecule has 144 valence electrons. The highest BCUT2D eigenvalue weighted by molar-refractivity contribution is 5.91. The van der Waals surface area contributed by atoms with Crippen LogP contribution in [0.5, 0.6) is 0 Å². The van der Waals surface area contributed by atoms with Gasteiger partial charge < -0.3 is 15.0 Å². The van der Waals surface area contributed by atoms with Gasteiger partial charge in [-0.1, -0.05) is 19.3 Å². The van der Waals surface area contributed by atoms with E-state index in [-0.39, 0.29) is 30.4 Å². The number of aromatic amines is 1. The van der Waals surface area contributed by atoms with Crippen LogP contribution < -0.4 is 5.32 Å². The largest absolute Gasteiger partial charge is 0.372 e. The van der Waals surface area contributed by atoms with Crippen LogP contribution in [0.15, 0.2) is 6.07 Å². The number of rotatable bonds is 7. The maximum absolute atomic E-state index is 12.3. The van der Waals surface area contributed by atoms with Gasteiger partial charge in [0.2, 0.25) is 11.8 Å². The highest BCUT2D eigenvalue weighted by atomic mass is 16.5. The molecule has 2 saturated carbocycles. The van der Waals surface area contributed by atoms with E-state index in [9.17, 15) is 9.59 Å². The number of carbonyl (C=O) groups is 2. The van der Waals surface area contributed by atoms with E-state index >= 15 is 0 Å². The monoisotopic (exact) mass is 362 g/mol. The van der Waals surface area contributed by atoms with Gasteiger partial charge in [-0.15, -0.1) is 0 Å². The molecule has 3 rings (SSSR count). The molecule has 7 heteroatoms. The van der Waals surface area contributed by atoms with E-state index in [2.05, 4.69) is 15.5 Å². The molecule has 0 atom stereocenters. The van der Waals surface area contributed by atoms with E-state index in [4.69, 9.17) is 4.74 Å². The van der Waals surface area contributed by atoms with Crippen LogP contribution in [-0.4, -0.2) is 53.2 Å². The summed E-state index contributed by atoms with van der Waals surface area (Å²) in [6.07, 6.45) is 7.30. The second-order valence-corrected chi connectivity index (χ2v) is 7.50. The number of likely N-dealkylation sites (N-methyl/N-ethyl adjacent to an activating group) is 1. The normalized spacial score (nSPS) is 23.3. The first-order valence-electron chi connectivity index (χ1n) is 9.78. The average molecular weight is 362 g/mol. The Morgan fingerprint density at radius 1 is 1.31 bits per heavy atom. The number of hydrogen-bond acceptors (Lipinski definition) is 4. The molecule has 0 saturated heterocycles. The molecule has 2 fully saturated rings. The summed E-state index contributed by atoms with van der Waals surface area (Å²) in [7, 11) is 1.84. The predicted molar refractivity (Wildman–Crippen MR) is 98.8 cm³/mol. The molecule has 2 aliphatic carbocycles. The summed E-state index contributed by atoms with van der Waals surface area (Å²) < 4.78 is 5.19. The maximum atomic E-state index is 12.3. The average Bonchev–Trinajstić information content (AvgIpc) is 3.06. The fourth-order valence-electron chi connectivity index (χ4n) is 3.86. The van der Waals surface area contributed by atoms with E-state index in [1.165, 1.54) is 6.42 Å². The van der Waals surface area contributed by atoms with Crippen molar-refractivity contribution in [3.8, 4) is 0 Å². The van der Waals surface area contributed by atoms with Gasteiger partial charge in [0.1, 0.15) is 6.61 Å². The minimum atomic E-state index is 0.0281. The Balaban J connectivity index is 1.46. The van der Waals surface area contributed by atoms with Gasteiger partial charge in [-0.2, -0.15) is 5.10 Å². The van der Waals surface area contributed by atoms with Crippen molar-refractivity contribution in [3.05, 3.63) is 11.8 Å². The molecule has 1 aromatic rings. The van der Waals surface area contributed by atoms with E-state index in [1.54, 1.807) is 4.90 Å². The van der Waals surface area contributed by atoms with E-state index in [0.717, 1.165) is 44.2 Å². The Morgan fingerprint density at radius 2 is 2.04 bits per heavy atom. The van der Waals surface area contributed by atoms with Crippen LogP contribution in [-0.2, 0) is 14.3 Å². The summed E-state index contributed by atoms with van der Waals surface area (Å²) in [6, 6.07) is 2.18. The minimum Gasteiger partial charge on any atom is -0.372 e. The van der Waals surface area contributed by atoms with Crippen molar-refractivity contribution in [1.29, 1.82) is 0 Å². The number of amides is 2. The molecule has 2 aliphatic rings. The summed E-state index contributed by atoms with van der Waals surface area (Å²) in [5, 5.41) is 10.2. The molecule has 2 N–H and O–H groups in total. The number of hydrogen-bond donors (Lipinski definition) is 2. The zero-order chi connectivity index (χ0) is 18.5. The van der Waals surface area contributed by atoms with Crippen molar-refractivity contribution >= 4 is 17.6 Å². The van der Waals surface area contributed by atoms with Crippen LogP contribution in [0.1, 0.15) is 63.5 Å². The van der Waals surface area contributed by atoms with Gasteiger partial charge in [0.05, 0.1) is 0 Å². The van der Waals surface area contributed by atoms with Crippen molar-refractivity contribution in [1.82, 2.24) is 15.1 Å². The van der Waals surface area contributed by atoms with Gasteiger partial charge in [0.25, 0.3) is 0 Å². The number of carbonyl (C=O) groups excluding carboxylic acids is 2. The molecule has 2 amide bonds. The molecule has 0 bridgehead atoms. The van der Waals surface area contributed by atoms with Crippen molar-refractivity contribution in [2.24, 2.45) is 5.92 Å². The summed E-state index contributed by atoms with van der Waals surface area (Å²) >= 11 is 0. The van der Waals surface area contributed by atoms with Gasteiger partial charge in [-0.05, 0) is 32.6 Å². The second kappa shape index (κ2) is 8.66. The van der Waals surface area contributed by atoms with Gasteiger partial charge in [0.15, 0.2) is 5.82 Å². The first-order valence-corrected chi connectivity index (χ1v) is 9.78. The molecule has 26 heavy (non-hydrogen) atoms. The number of ether oxygens (including phenoxy) is 1. The van der Waals surface area contributed by atoms with E-state index in [0.29, 0.717) is 18.3 Å². The van der Waals surface area contributed by atoms with Crippen LogP contribution in [0, 0.1) is 5.92 Å². The predicted octanol–water partition coefficient (Wildman–Crippen LogP) is 2.67. The number of aromatic nitrogens is 2. The number of H-pyrrole nitrogens is 1. The fourth-order valence-corrected chi connectivity index (χ4v) is 3.86. The molecular formula is C19H30N4O3. The van der Waals surface area contributed by atoms with Crippen LogP contribution in [0.2, 0.25) is 0 Å². The van der Waals surface area contributed by atoms with Crippen LogP contribution in [0.3, 0.4) is 0 Å². The van der Waals surface area contributed by atoms with Crippen LogP contribution in [0.4, 0.5) is 5.82 Å². The lowest BCUT2D eigenvalue weighted by atomic mass is 9.77. The van der Waals surface area contributed by atoms with Gasteiger partial charge >= 0.3 is 0 Å². The Bertz CT molecular complexity index is 618. The highest BCUT2D eigenvalue weighted by Gasteiger charge is 2.36. The summed E-state index contributed by atoms with van der Waals surface area (Å²) in [5.74, 6) is 1.22. The first kappa shape index (κ1) is 18.9.